The molecule has 0 spiro atoms. The Kier molecular flexibility index (Phi) is 5.53. The van der Waals surface area contributed by atoms with Gasteiger partial charge >= 0.3 is 0 Å². The number of piperazine rings is 1. The highest BCUT2D eigenvalue weighted by molar-refractivity contribution is 7.89. The standard InChI is InChI=1S/C17H15Cl2FN2O3S/c18-12-1-4-14(5-2-12)26(24,25)22-9-7-21(8-10-22)17(23)15-6-3-13(20)11-16(15)19/h1-6,11H,7-10H2. The van der Waals surface area contributed by atoms with Crippen LogP contribution in [0.1, 0.15) is 10.4 Å². The zero-order valence-electron chi connectivity index (χ0n) is 13.5. The van der Waals surface area contributed by atoms with Gasteiger partial charge in [0.25, 0.3) is 5.91 Å². The number of hydrogen-bond acceptors (Lipinski definition) is 3. The zero-order valence-corrected chi connectivity index (χ0v) is 15.9. The molecule has 2 aromatic carbocycles. The molecule has 0 saturated carbocycles. The van der Waals surface area contributed by atoms with Crippen LogP contribution < -0.4 is 0 Å². The van der Waals surface area contributed by atoms with Crippen molar-refractivity contribution in [3.63, 3.8) is 0 Å². The maximum Gasteiger partial charge on any atom is 0.255 e. The molecule has 2 aromatic rings. The molecule has 138 valence electrons. The lowest BCUT2D eigenvalue weighted by atomic mass is 10.2. The largest absolute Gasteiger partial charge is 0.336 e. The fourth-order valence-electron chi connectivity index (χ4n) is 2.72. The Morgan fingerprint density at radius 2 is 1.58 bits per heavy atom. The first-order valence-corrected chi connectivity index (χ1v) is 9.99. The van der Waals surface area contributed by atoms with Gasteiger partial charge in [-0.3, -0.25) is 4.79 Å². The van der Waals surface area contributed by atoms with Crippen LogP contribution >= 0.6 is 23.2 Å². The maximum atomic E-state index is 13.1. The molecule has 1 heterocycles. The highest BCUT2D eigenvalue weighted by Crippen LogP contribution is 2.22. The van der Waals surface area contributed by atoms with E-state index in [0.29, 0.717) is 5.02 Å². The summed E-state index contributed by atoms with van der Waals surface area (Å²) in [5, 5.41) is 0.488. The number of carbonyl (C=O) groups excluding carboxylic acids is 1. The number of sulfonamides is 1. The van der Waals surface area contributed by atoms with Crippen LogP contribution in [0.5, 0.6) is 0 Å². The number of hydrogen-bond donors (Lipinski definition) is 0. The molecule has 1 amide bonds. The molecule has 1 aliphatic rings. The minimum atomic E-state index is -3.65. The second-order valence-corrected chi connectivity index (χ2v) is 8.56. The minimum Gasteiger partial charge on any atom is -0.336 e. The first-order chi connectivity index (χ1) is 12.3. The van der Waals surface area contributed by atoms with Crippen molar-refractivity contribution in [2.24, 2.45) is 0 Å². The van der Waals surface area contributed by atoms with Gasteiger partial charge in [-0.1, -0.05) is 23.2 Å². The van der Waals surface area contributed by atoms with E-state index in [0.717, 1.165) is 6.07 Å². The SMILES string of the molecule is O=C(c1ccc(F)cc1Cl)N1CCN(S(=O)(=O)c2ccc(Cl)cc2)CC1. The average molecular weight is 417 g/mol. The van der Waals surface area contributed by atoms with Crippen molar-refractivity contribution >= 4 is 39.1 Å². The summed E-state index contributed by atoms with van der Waals surface area (Å²) in [6, 6.07) is 9.52. The van der Waals surface area contributed by atoms with Gasteiger partial charge in [-0.15, -0.1) is 0 Å². The van der Waals surface area contributed by atoms with E-state index in [2.05, 4.69) is 0 Å². The molecular formula is C17H15Cl2FN2O3S. The summed E-state index contributed by atoms with van der Waals surface area (Å²) in [4.78, 5) is 14.2. The van der Waals surface area contributed by atoms with Crippen molar-refractivity contribution in [3.8, 4) is 0 Å². The van der Waals surface area contributed by atoms with E-state index in [1.807, 2.05) is 0 Å². The Morgan fingerprint density at radius 1 is 0.962 bits per heavy atom. The quantitative estimate of drug-likeness (QED) is 0.771. The van der Waals surface area contributed by atoms with E-state index < -0.39 is 15.8 Å². The Morgan fingerprint density at radius 3 is 2.15 bits per heavy atom. The molecule has 1 fully saturated rings. The molecule has 3 rings (SSSR count). The van der Waals surface area contributed by atoms with Crippen LogP contribution in [-0.2, 0) is 10.0 Å². The van der Waals surface area contributed by atoms with Gasteiger partial charge in [-0.25, -0.2) is 12.8 Å². The van der Waals surface area contributed by atoms with Crippen molar-refractivity contribution in [1.29, 1.82) is 0 Å². The minimum absolute atomic E-state index is 0.0335. The summed E-state index contributed by atoms with van der Waals surface area (Å²) < 4.78 is 39.8. The van der Waals surface area contributed by atoms with Gasteiger partial charge in [0.05, 0.1) is 15.5 Å². The van der Waals surface area contributed by atoms with Gasteiger partial charge in [0.1, 0.15) is 5.82 Å². The number of carbonyl (C=O) groups is 1. The average Bonchev–Trinajstić information content (AvgIpc) is 2.62. The van der Waals surface area contributed by atoms with E-state index in [9.17, 15) is 17.6 Å². The molecule has 5 nitrogen and oxygen atoms in total. The lowest BCUT2D eigenvalue weighted by Gasteiger charge is -2.34. The lowest BCUT2D eigenvalue weighted by molar-refractivity contribution is 0.0698. The van der Waals surface area contributed by atoms with Gasteiger partial charge in [0.2, 0.25) is 10.0 Å². The molecular weight excluding hydrogens is 402 g/mol. The summed E-state index contributed by atoms with van der Waals surface area (Å²) in [6.07, 6.45) is 0. The third-order valence-corrected chi connectivity index (χ3v) is 6.62. The number of benzene rings is 2. The van der Waals surface area contributed by atoms with Crippen molar-refractivity contribution in [3.05, 3.63) is 63.9 Å². The Balaban J connectivity index is 1.70. The molecule has 1 aliphatic heterocycles. The van der Waals surface area contributed by atoms with Crippen LogP contribution in [0.15, 0.2) is 47.4 Å². The molecule has 0 atom stereocenters. The number of nitrogens with zero attached hydrogens (tertiary/aromatic N) is 2. The van der Waals surface area contributed by atoms with Crippen molar-refractivity contribution < 1.29 is 17.6 Å². The first kappa shape index (κ1) is 19.1. The number of rotatable bonds is 3. The summed E-state index contributed by atoms with van der Waals surface area (Å²) in [7, 11) is -3.65. The summed E-state index contributed by atoms with van der Waals surface area (Å²) in [6.45, 7) is 0.768. The van der Waals surface area contributed by atoms with E-state index in [4.69, 9.17) is 23.2 Å². The lowest BCUT2D eigenvalue weighted by Crippen LogP contribution is -2.50. The molecule has 0 radical (unpaired) electrons. The normalized spacial score (nSPS) is 15.9. The second-order valence-electron chi connectivity index (χ2n) is 5.77. The third kappa shape index (κ3) is 3.86. The van der Waals surface area contributed by atoms with Crippen LogP contribution in [0.4, 0.5) is 4.39 Å². The van der Waals surface area contributed by atoms with Crippen LogP contribution in [0.25, 0.3) is 0 Å². The van der Waals surface area contributed by atoms with Crippen LogP contribution in [-0.4, -0.2) is 49.7 Å². The fraction of sp³-hybridized carbons (Fsp3) is 0.235. The summed E-state index contributed by atoms with van der Waals surface area (Å²) >= 11 is 11.7. The monoisotopic (exact) mass is 416 g/mol. The maximum absolute atomic E-state index is 13.1. The highest BCUT2D eigenvalue weighted by Gasteiger charge is 2.30. The van der Waals surface area contributed by atoms with Crippen LogP contribution in [0.3, 0.4) is 0 Å². The Labute approximate surface area is 161 Å². The Bertz CT molecular complexity index is 928. The van der Waals surface area contributed by atoms with Gasteiger partial charge in [0, 0.05) is 31.2 Å². The fourth-order valence-corrected chi connectivity index (χ4v) is 4.52. The van der Waals surface area contributed by atoms with E-state index in [-0.39, 0.29) is 47.6 Å². The van der Waals surface area contributed by atoms with Gasteiger partial charge in [-0.05, 0) is 42.5 Å². The molecule has 0 bridgehead atoms. The molecule has 0 aromatic heterocycles. The molecule has 26 heavy (non-hydrogen) atoms. The van der Waals surface area contributed by atoms with E-state index in [1.54, 1.807) is 0 Å². The summed E-state index contributed by atoms with van der Waals surface area (Å²) in [5.41, 5.74) is 0.196. The van der Waals surface area contributed by atoms with Crippen molar-refractivity contribution in [1.82, 2.24) is 9.21 Å². The predicted octanol–water partition coefficient (Wildman–Crippen LogP) is 3.28. The number of amides is 1. The van der Waals surface area contributed by atoms with Gasteiger partial charge < -0.3 is 4.90 Å². The molecule has 0 aliphatic carbocycles. The second kappa shape index (κ2) is 7.52. The molecule has 0 N–H and O–H groups in total. The van der Waals surface area contributed by atoms with Gasteiger partial charge in [0.15, 0.2) is 0 Å². The summed E-state index contributed by atoms with van der Waals surface area (Å²) in [5.74, 6) is -0.871. The highest BCUT2D eigenvalue weighted by atomic mass is 35.5. The molecule has 0 unspecified atom stereocenters. The van der Waals surface area contributed by atoms with Gasteiger partial charge in [-0.2, -0.15) is 4.31 Å². The van der Waals surface area contributed by atoms with Crippen LogP contribution in [0, 0.1) is 5.82 Å². The van der Waals surface area contributed by atoms with Crippen LogP contribution in [0.2, 0.25) is 10.0 Å². The smallest absolute Gasteiger partial charge is 0.255 e. The van der Waals surface area contributed by atoms with Crippen molar-refractivity contribution in [2.75, 3.05) is 26.2 Å². The van der Waals surface area contributed by atoms with Crippen molar-refractivity contribution in [2.45, 2.75) is 4.90 Å². The first-order valence-electron chi connectivity index (χ1n) is 7.79. The third-order valence-electron chi connectivity index (χ3n) is 4.14. The zero-order chi connectivity index (χ0) is 18.9. The van der Waals surface area contributed by atoms with E-state index in [1.165, 1.54) is 45.6 Å². The molecule has 9 heteroatoms. The Hall–Kier alpha value is -1.67. The topological polar surface area (TPSA) is 57.7 Å². The molecule has 1 saturated heterocycles. The van der Waals surface area contributed by atoms with E-state index >= 15 is 0 Å². The predicted molar refractivity (Wildman–Crippen MR) is 97.5 cm³/mol. The number of halogens is 3.